The Morgan fingerprint density at radius 1 is 1.40 bits per heavy atom. The third-order valence-electron chi connectivity index (χ3n) is 1.89. The topological polar surface area (TPSA) is 82.0 Å². The van der Waals surface area contributed by atoms with E-state index in [1.807, 2.05) is 18.2 Å². The predicted octanol–water partition coefficient (Wildman–Crippen LogP) is 1.49. The SMILES string of the molecule is NC(=O)c1csc(-c2cccc(N)c2)n1. The Balaban J connectivity index is 2.41. The first-order valence-corrected chi connectivity index (χ1v) is 5.16. The molecule has 0 radical (unpaired) electrons. The molecule has 15 heavy (non-hydrogen) atoms. The first-order valence-electron chi connectivity index (χ1n) is 4.28. The summed E-state index contributed by atoms with van der Waals surface area (Å²) in [5.41, 5.74) is 12.6. The van der Waals surface area contributed by atoms with Crippen LogP contribution in [0.2, 0.25) is 0 Å². The Morgan fingerprint density at radius 2 is 2.20 bits per heavy atom. The van der Waals surface area contributed by atoms with Crippen LogP contribution in [-0.2, 0) is 0 Å². The molecular weight excluding hydrogens is 210 g/mol. The van der Waals surface area contributed by atoms with E-state index in [0.717, 1.165) is 10.6 Å². The van der Waals surface area contributed by atoms with Crippen molar-refractivity contribution in [3.05, 3.63) is 35.3 Å². The average molecular weight is 219 g/mol. The van der Waals surface area contributed by atoms with Gasteiger partial charge in [0.05, 0.1) is 0 Å². The first kappa shape index (κ1) is 9.67. The van der Waals surface area contributed by atoms with Crippen LogP contribution in [0.15, 0.2) is 29.6 Å². The number of nitrogens with two attached hydrogens (primary N) is 2. The Hall–Kier alpha value is -1.88. The lowest BCUT2D eigenvalue weighted by Gasteiger charge is -1.96. The van der Waals surface area contributed by atoms with Crippen LogP contribution in [0.1, 0.15) is 10.5 Å². The standard InChI is InChI=1S/C10H9N3OS/c11-7-3-1-2-6(4-7)10-13-8(5-15-10)9(12)14/h1-5H,11H2,(H2,12,14). The largest absolute Gasteiger partial charge is 0.399 e. The molecule has 1 heterocycles. The van der Waals surface area contributed by atoms with E-state index in [1.165, 1.54) is 11.3 Å². The number of carbonyl (C=O) groups is 1. The summed E-state index contributed by atoms with van der Waals surface area (Å²) in [6, 6.07) is 7.34. The van der Waals surface area contributed by atoms with Crippen molar-refractivity contribution in [3.8, 4) is 10.6 Å². The minimum atomic E-state index is -0.513. The predicted molar refractivity (Wildman–Crippen MR) is 60.5 cm³/mol. The summed E-state index contributed by atoms with van der Waals surface area (Å²) < 4.78 is 0. The monoisotopic (exact) mass is 219 g/mol. The maximum absolute atomic E-state index is 10.9. The van der Waals surface area contributed by atoms with E-state index in [4.69, 9.17) is 11.5 Å². The number of benzene rings is 1. The number of nitrogen functional groups attached to an aromatic ring is 1. The number of anilines is 1. The zero-order chi connectivity index (χ0) is 10.8. The summed E-state index contributed by atoms with van der Waals surface area (Å²) in [6.07, 6.45) is 0. The van der Waals surface area contributed by atoms with Crippen LogP contribution in [0.3, 0.4) is 0 Å². The van der Waals surface area contributed by atoms with Crippen molar-refractivity contribution in [2.75, 3.05) is 5.73 Å². The minimum absolute atomic E-state index is 0.289. The summed E-state index contributed by atoms with van der Waals surface area (Å²) in [4.78, 5) is 15.0. The van der Waals surface area contributed by atoms with Crippen molar-refractivity contribution in [2.45, 2.75) is 0 Å². The van der Waals surface area contributed by atoms with Gasteiger partial charge in [0.2, 0.25) is 0 Å². The molecule has 0 saturated carbocycles. The lowest BCUT2D eigenvalue weighted by Crippen LogP contribution is -2.10. The van der Waals surface area contributed by atoms with Gasteiger partial charge in [0.15, 0.2) is 0 Å². The van der Waals surface area contributed by atoms with Gasteiger partial charge in [-0.05, 0) is 12.1 Å². The van der Waals surface area contributed by atoms with E-state index in [9.17, 15) is 4.79 Å². The van der Waals surface area contributed by atoms with Crippen molar-refractivity contribution in [2.24, 2.45) is 5.73 Å². The molecule has 0 spiro atoms. The fourth-order valence-electron chi connectivity index (χ4n) is 1.19. The highest BCUT2D eigenvalue weighted by molar-refractivity contribution is 7.13. The van der Waals surface area contributed by atoms with Gasteiger partial charge in [-0.2, -0.15) is 0 Å². The molecule has 0 aliphatic rings. The van der Waals surface area contributed by atoms with Crippen LogP contribution in [-0.4, -0.2) is 10.9 Å². The fourth-order valence-corrected chi connectivity index (χ4v) is 2.00. The highest BCUT2D eigenvalue weighted by Gasteiger charge is 2.08. The van der Waals surface area contributed by atoms with Gasteiger partial charge in [0, 0.05) is 16.6 Å². The zero-order valence-electron chi connectivity index (χ0n) is 7.81. The zero-order valence-corrected chi connectivity index (χ0v) is 8.62. The molecule has 76 valence electrons. The lowest BCUT2D eigenvalue weighted by atomic mass is 10.2. The number of amides is 1. The minimum Gasteiger partial charge on any atom is -0.399 e. The Morgan fingerprint density at radius 3 is 2.80 bits per heavy atom. The molecule has 0 fully saturated rings. The summed E-state index contributed by atoms with van der Waals surface area (Å²) in [6.45, 7) is 0. The van der Waals surface area contributed by atoms with Gasteiger partial charge in [-0.3, -0.25) is 4.79 Å². The van der Waals surface area contributed by atoms with E-state index >= 15 is 0 Å². The van der Waals surface area contributed by atoms with E-state index in [-0.39, 0.29) is 5.69 Å². The van der Waals surface area contributed by atoms with Gasteiger partial charge in [-0.1, -0.05) is 12.1 Å². The maximum atomic E-state index is 10.9. The van der Waals surface area contributed by atoms with Gasteiger partial charge >= 0.3 is 0 Å². The molecule has 0 bridgehead atoms. The van der Waals surface area contributed by atoms with Crippen molar-refractivity contribution < 1.29 is 4.79 Å². The van der Waals surface area contributed by atoms with Gasteiger partial charge in [-0.15, -0.1) is 11.3 Å². The second-order valence-electron chi connectivity index (χ2n) is 3.03. The third kappa shape index (κ3) is 1.97. The Kier molecular flexibility index (Phi) is 2.39. The fraction of sp³-hybridized carbons (Fsp3) is 0. The van der Waals surface area contributed by atoms with Gasteiger partial charge < -0.3 is 11.5 Å². The highest BCUT2D eigenvalue weighted by atomic mass is 32.1. The molecule has 0 aliphatic carbocycles. The molecule has 0 atom stereocenters. The number of hydrogen-bond acceptors (Lipinski definition) is 4. The van der Waals surface area contributed by atoms with Gasteiger partial charge in [0.1, 0.15) is 10.7 Å². The lowest BCUT2D eigenvalue weighted by molar-refractivity contribution is 0.0996. The van der Waals surface area contributed by atoms with Crippen molar-refractivity contribution in [3.63, 3.8) is 0 Å². The molecule has 2 rings (SSSR count). The van der Waals surface area contributed by atoms with Crippen LogP contribution in [0.5, 0.6) is 0 Å². The summed E-state index contributed by atoms with van der Waals surface area (Å²) in [5, 5.41) is 2.39. The van der Waals surface area contributed by atoms with Crippen molar-refractivity contribution >= 4 is 22.9 Å². The van der Waals surface area contributed by atoms with E-state index in [2.05, 4.69) is 4.98 Å². The molecule has 5 heteroatoms. The third-order valence-corrected chi connectivity index (χ3v) is 2.78. The number of primary amides is 1. The molecule has 0 saturated heterocycles. The van der Waals surface area contributed by atoms with Crippen LogP contribution in [0.4, 0.5) is 5.69 Å². The summed E-state index contributed by atoms with van der Waals surface area (Å²) >= 11 is 1.37. The van der Waals surface area contributed by atoms with Crippen LogP contribution in [0.25, 0.3) is 10.6 Å². The average Bonchev–Trinajstić information content (AvgIpc) is 2.66. The quantitative estimate of drug-likeness (QED) is 0.751. The molecule has 2 aromatic rings. The van der Waals surface area contributed by atoms with Crippen LogP contribution >= 0.6 is 11.3 Å². The molecule has 1 aromatic carbocycles. The molecule has 4 N–H and O–H groups in total. The second-order valence-corrected chi connectivity index (χ2v) is 3.89. The molecule has 1 amide bonds. The second kappa shape index (κ2) is 3.70. The summed E-state index contributed by atoms with van der Waals surface area (Å²) in [7, 11) is 0. The van der Waals surface area contributed by atoms with Crippen molar-refractivity contribution in [1.29, 1.82) is 0 Å². The molecule has 0 aliphatic heterocycles. The smallest absolute Gasteiger partial charge is 0.268 e. The van der Waals surface area contributed by atoms with Crippen LogP contribution < -0.4 is 11.5 Å². The number of rotatable bonds is 2. The normalized spacial score (nSPS) is 10.1. The Bertz CT molecular complexity index is 507. The van der Waals surface area contributed by atoms with E-state index < -0.39 is 5.91 Å². The number of aromatic nitrogens is 1. The number of carbonyl (C=O) groups excluding carboxylic acids is 1. The van der Waals surface area contributed by atoms with E-state index in [1.54, 1.807) is 11.4 Å². The number of hydrogen-bond donors (Lipinski definition) is 2. The molecule has 0 unspecified atom stereocenters. The van der Waals surface area contributed by atoms with Gasteiger partial charge in [-0.25, -0.2) is 4.98 Å². The number of nitrogens with zero attached hydrogens (tertiary/aromatic N) is 1. The maximum Gasteiger partial charge on any atom is 0.268 e. The molecular formula is C10H9N3OS. The highest BCUT2D eigenvalue weighted by Crippen LogP contribution is 2.24. The molecule has 1 aromatic heterocycles. The molecule has 4 nitrogen and oxygen atoms in total. The first-order chi connectivity index (χ1) is 7.16. The van der Waals surface area contributed by atoms with Gasteiger partial charge in [0.25, 0.3) is 5.91 Å². The Labute approximate surface area is 90.6 Å². The van der Waals surface area contributed by atoms with Crippen molar-refractivity contribution in [1.82, 2.24) is 4.98 Å². The number of thiazole rings is 1. The van der Waals surface area contributed by atoms with E-state index in [0.29, 0.717) is 5.69 Å². The van der Waals surface area contributed by atoms with Crippen LogP contribution in [0, 0.1) is 0 Å². The summed E-state index contributed by atoms with van der Waals surface area (Å²) in [5.74, 6) is -0.513.